The van der Waals surface area contributed by atoms with Gasteiger partial charge in [-0.1, -0.05) is 30.3 Å². The van der Waals surface area contributed by atoms with Crippen LogP contribution in [0.5, 0.6) is 11.5 Å². The zero-order chi connectivity index (χ0) is 17.6. The van der Waals surface area contributed by atoms with Crippen molar-refractivity contribution in [3.05, 3.63) is 54.6 Å². The van der Waals surface area contributed by atoms with Gasteiger partial charge >= 0.3 is 6.03 Å². The van der Waals surface area contributed by atoms with Crippen LogP contribution in [0.15, 0.2) is 54.6 Å². The molecule has 0 aromatic heterocycles. The predicted octanol–water partition coefficient (Wildman–Crippen LogP) is 4.04. The molecule has 132 valence electrons. The molecule has 0 saturated carbocycles. The molecule has 0 spiro atoms. The standard InChI is InChI=1S/C20H25N3O2/c1-16(2)22-12-14-23(15-13-22)20(24)21-18-10-6-7-11-19(18)25-17-8-4-3-5-9-17/h3-11,16H,12-15H2,1-2H3,(H,21,24). The number of nitrogens with one attached hydrogen (secondary N) is 1. The number of hydrogen-bond donors (Lipinski definition) is 1. The van der Waals surface area contributed by atoms with Crippen LogP contribution in [0.25, 0.3) is 0 Å². The summed E-state index contributed by atoms with van der Waals surface area (Å²) in [5.41, 5.74) is 0.683. The molecule has 0 atom stereocenters. The van der Waals surface area contributed by atoms with Gasteiger partial charge in [0.25, 0.3) is 0 Å². The highest BCUT2D eigenvalue weighted by atomic mass is 16.5. The molecule has 2 aromatic rings. The summed E-state index contributed by atoms with van der Waals surface area (Å²) in [6.45, 7) is 7.68. The number of ether oxygens (including phenoxy) is 1. The van der Waals surface area contributed by atoms with Gasteiger partial charge in [0.15, 0.2) is 5.75 Å². The summed E-state index contributed by atoms with van der Waals surface area (Å²) in [4.78, 5) is 16.8. The molecule has 1 fully saturated rings. The maximum absolute atomic E-state index is 12.6. The molecule has 1 saturated heterocycles. The Balaban J connectivity index is 1.64. The van der Waals surface area contributed by atoms with E-state index in [9.17, 15) is 4.79 Å². The predicted molar refractivity (Wildman–Crippen MR) is 100 cm³/mol. The summed E-state index contributed by atoms with van der Waals surface area (Å²) >= 11 is 0. The van der Waals surface area contributed by atoms with E-state index in [4.69, 9.17) is 4.74 Å². The number of para-hydroxylation sites is 3. The molecule has 2 aromatic carbocycles. The number of amides is 2. The van der Waals surface area contributed by atoms with Crippen LogP contribution in [0.1, 0.15) is 13.8 Å². The van der Waals surface area contributed by atoms with E-state index in [1.54, 1.807) is 0 Å². The van der Waals surface area contributed by atoms with Gasteiger partial charge in [0.2, 0.25) is 0 Å². The fourth-order valence-electron chi connectivity index (χ4n) is 2.91. The average molecular weight is 339 g/mol. The molecule has 0 radical (unpaired) electrons. The van der Waals surface area contributed by atoms with E-state index in [0.717, 1.165) is 31.9 Å². The lowest BCUT2D eigenvalue weighted by molar-refractivity contribution is 0.125. The molecule has 5 nitrogen and oxygen atoms in total. The Labute approximate surface area is 149 Å². The number of benzene rings is 2. The van der Waals surface area contributed by atoms with Gasteiger partial charge in [0.1, 0.15) is 5.75 Å². The van der Waals surface area contributed by atoms with Gasteiger partial charge in [-0.2, -0.15) is 0 Å². The van der Waals surface area contributed by atoms with Crippen LogP contribution in [0.4, 0.5) is 10.5 Å². The smallest absolute Gasteiger partial charge is 0.322 e. The van der Waals surface area contributed by atoms with Gasteiger partial charge in [-0.3, -0.25) is 4.90 Å². The lowest BCUT2D eigenvalue weighted by atomic mass is 10.2. The van der Waals surface area contributed by atoms with Gasteiger partial charge in [0.05, 0.1) is 5.69 Å². The first-order valence-electron chi connectivity index (χ1n) is 8.75. The quantitative estimate of drug-likeness (QED) is 0.914. The van der Waals surface area contributed by atoms with Gasteiger partial charge in [0, 0.05) is 32.2 Å². The Bertz CT molecular complexity index is 695. The van der Waals surface area contributed by atoms with Crippen LogP contribution in [0.3, 0.4) is 0 Å². The largest absolute Gasteiger partial charge is 0.455 e. The van der Waals surface area contributed by atoms with E-state index in [2.05, 4.69) is 24.1 Å². The minimum absolute atomic E-state index is 0.0764. The molecule has 1 aliphatic heterocycles. The second-order valence-electron chi connectivity index (χ2n) is 6.46. The Morgan fingerprint density at radius 3 is 2.28 bits per heavy atom. The number of anilines is 1. The van der Waals surface area contributed by atoms with Crippen molar-refractivity contribution in [2.24, 2.45) is 0 Å². The van der Waals surface area contributed by atoms with Gasteiger partial charge in [-0.15, -0.1) is 0 Å². The summed E-state index contributed by atoms with van der Waals surface area (Å²) in [7, 11) is 0. The number of piperazine rings is 1. The third-order valence-electron chi connectivity index (χ3n) is 4.43. The highest BCUT2D eigenvalue weighted by Gasteiger charge is 2.23. The molecule has 25 heavy (non-hydrogen) atoms. The minimum Gasteiger partial charge on any atom is -0.455 e. The zero-order valence-corrected chi connectivity index (χ0v) is 14.8. The molecule has 0 aliphatic carbocycles. The molecule has 1 heterocycles. The molecule has 1 N–H and O–H groups in total. The van der Waals surface area contributed by atoms with Gasteiger partial charge in [-0.05, 0) is 38.1 Å². The molecule has 1 aliphatic rings. The van der Waals surface area contributed by atoms with Gasteiger partial charge < -0.3 is 15.0 Å². The molecule has 0 unspecified atom stereocenters. The highest BCUT2D eigenvalue weighted by molar-refractivity contribution is 5.91. The van der Waals surface area contributed by atoms with Crippen LogP contribution >= 0.6 is 0 Å². The van der Waals surface area contributed by atoms with E-state index >= 15 is 0 Å². The van der Waals surface area contributed by atoms with Crippen LogP contribution in [0, 0.1) is 0 Å². The Morgan fingerprint density at radius 1 is 0.960 bits per heavy atom. The van der Waals surface area contributed by atoms with Crippen molar-refractivity contribution in [1.82, 2.24) is 9.80 Å². The minimum atomic E-state index is -0.0764. The van der Waals surface area contributed by atoms with Crippen molar-refractivity contribution >= 4 is 11.7 Å². The van der Waals surface area contributed by atoms with E-state index < -0.39 is 0 Å². The fraction of sp³-hybridized carbons (Fsp3) is 0.350. The monoisotopic (exact) mass is 339 g/mol. The third kappa shape index (κ3) is 4.51. The molecule has 5 heteroatoms. The second kappa shape index (κ2) is 8.03. The maximum Gasteiger partial charge on any atom is 0.322 e. The normalized spacial score (nSPS) is 15.2. The van der Waals surface area contributed by atoms with Crippen LogP contribution in [0.2, 0.25) is 0 Å². The average Bonchev–Trinajstić information content (AvgIpc) is 2.64. The highest BCUT2D eigenvalue weighted by Crippen LogP contribution is 2.29. The maximum atomic E-state index is 12.6. The Morgan fingerprint density at radius 2 is 1.60 bits per heavy atom. The molecule has 3 rings (SSSR count). The third-order valence-corrected chi connectivity index (χ3v) is 4.43. The number of urea groups is 1. The summed E-state index contributed by atoms with van der Waals surface area (Å²) in [6, 6.07) is 17.5. The number of carbonyl (C=O) groups is 1. The van der Waals surface area contributed by atoms with Crippen molar-refractivity contribution in [3.63, 3.8) is 0 Å². The number of hydrogen-bond acceptors (Lipinski definition) is 3. The summed E-state index contributed by atoms with van der Waals surface area (Å²) in [6.07, 6.45) is 0. The van der Waals surface area contributed by atoms with Gasteiger partial charge in [-0.25, -0.2) is 4.79 Å². The second-order valence-corrected chi connectivity index (χ2v) is 6.46. The van der Waals surface area contributed by atoms with Crippen molar-refractivity contribution in [1.29, 1.82) is 0 Å². The number of carbonyl (C=O) groups excluding carboxylic acids is 1. The summed E-state index contributed by atoms with van der Waals surface area (Å²) < 4.78 is 5.90. The van der Waals surface area contributed by atoms with Crippen molar-refractivity contribution in [2.45, 2.75) is 19.9 Å². The zero-order valence-electron chi connectivity index (χ0n) is 14.8. The summed E-state index contributed by atoms with van der Waals surface area (Å²) in [5, 5.41) is 2.99. The van der Waals surface area contributed by atoms with Crippen molar-refractivity contribution in [2.75, 3.05) is 31.5 Å². The van der Waals surface area contributed by atoms with Crippen LogP contribution in [-0.2, 0) is 0 Å². The molecular weight excluding hydrogens is 314 g/mol. The lowest BCUT2D eigenvalue weighted by Crippen LogP contribution is -2.51. The Hall–Kier alpha value is -2.53. The number of rotatable bonds is 4. The van der Waals surface area contributed by atoms with E-state index in [0.29, 0.717) is 17.5 Å². The van der Waals surface area contributed by atoms with Crippen molar-refractivity contribution in [3.8, 4) is 11.5 Å². The fourth-order valence-corrected chi connectivity index (χ4v) is 2.91. The molecule has 2 amide bonds. The SMILES string of the molecule is CC(C)N1CCN(C(=O)Nc2ccccc2Oc2ccccc2)CC1. The first-order chi connectivity index (χ1) is 12.1. The topological polar surface area (TPSA) is 44.8 Å². The Kier molecular flexibility index (Phi) is 5.56. The first-order valence-corrected chi connectivity index (χ1v) is 8.75. The molecular formula is C20H25N3O2. The van der Waals surface area contributed by atoms with E-state index in [1.807, 2.05) is 59.5 Å². The molecule has 0 bridgehead atoms. The lowest BCUT2D eigenvalue weighted by Gasteiger charge is -2.36. The van der Waals surface area contributed by atoms with Crippen LogP contribution < -0.4 is 10.1 Å². The van der Waals surface area contributed by atoms with Crippen LogP contribution in [-0.4, -0.2) is 48.1 Å². The van der Waals surface area contributed by atoms with Crippen molar-refractivity contribution < 1.29 is 9.53 Å². The summed E-state index contributed by atoms with van der Waals surface area (Å²) in [5.74, 6) is 1.39. The number of nitrogens with zero attached hydrogens (tertiary/aromatic N) is 2. The van der Waals surface area contributed by atoms with E-state index in [1.165, 1.54) is 0 Å². The van der Waals surface area contributed by atoms with E-state index in [-0.39, 0.29) is 6.03 Å². The first kappa shape index (κ1) is 17.3.